The first kappa shape index (κ1) is 17.0. The smallest absolute Gasteiger partial charge is 0.339 e. The van der Waals surface area contributed by atoms with E-state index in [4.69, 9.17) is 14.2 Å². The molecule has 0 spiro atoms. The molecule has 0 aromatic heterocycles. The highest BCUT2D eigenvalue weighted by Crippen LogP contribution is 2.30. The highest BCUT2D eigenvalue weighted by Gasteiger charge is 2.46. The maximum atomic E-state index is 12.6. The van der Waals surface area contributed by atoms with Crippen LogP contribution in [-0.2, 0) is 28.6 Å². The second-order valence-electron chi connectivity index (χ2n) is 4.94. The lowest BCUT2D eigenvalue weighted by Gasteiger charge is -2.31. The molecule has 8 nitrogen and oxygen atoms in total. The molecule has 2 atom stereocenters. The largest absolute Gasteiger partial charge is 0.467 e. The molecule has 22 heavy (non-hydrogen) atoms. The predicted molar refractivity (Wildman–Crippen MR) is 78.2 cm³/mol. The van der Waals surface area contributed by atoms with Crippen molar-refractivity contribution < 1.29 is 28.6 Å². The highest BCUT2D eigenvalue weighted by atomic mass is 32.2. The maximum Gasteiger partial charge on any atom is 0.339 e. The topological polar surface area (TPSA) is 85.4 Å². The van der Waals surface area contributed by atoms with Crippen LogP contribution in [0.1, 0.15) is 0 Å². The van der Waals surface area contributed by atoms with Gasteiger partial charge in [0.25, 0.3) is 0 Å². The van der Waals surface area contributed by atoms with Gasteiger partial charge < -0.3 is 19.1 Å². The molecule has 124 valence electrons. The molecule has 2 fully saturated rings. The lowest BCUT2D eigenvalue weighted by atomic mass is 10.2. The van der Waals surface area contributed by atoms with Crippen LogP contribution in [0.15, 0.2) is 0 Å². The van der Waals surface area contributed by atoms with E-state index in [1.165, 1.54) is 30.9 Å². The van der Waals surface area contributed by atoms with E-state index in [-0.39, 0.29) is 12.5 Å². The number of carbonyl (C=O) groups is 3. The van der Waals surface area contributed by atoms with E-state index in [2.05, 4.69) is 0 Å². The number of morpholine rings is 1. The number of methoxy groups -OCH3 is 2. The minimum Gasteiger partial charge on any atom is -0.467 e. The molecule has 0 aliphatic carbocycles. The Hall–Kier alpha value is -1.32. The predicted octanol–water partition coefficient (Wildman–Crippen LogP) is -1.07. The van der Waals surface area contributed by atoms with E-state index in [0.29, 0.717) is 32.1 Å². The normalized spacial score (nSPS) is 25.8. The van der Waals surface area contributed by atoms with Gasteiger partial charge in [-0.1, -0.05) is 0 Å². The standard InChI is InChI=1S/C13H20N2O6S/c1-19-12(17)9-8-22-11(13(18)20-2)15(9)10(16)7-14-3-5-21-6-4-14/h9,11H,3-8H2,1-2H3/t9-,11-/m1/s1. The van der Waals surface area contributed by atoms with Crippen molar-refractivity contribution in [1.29, 1.82) is 0 Å². The molecule has 2 rings (SSSR count). The molecule has 2 aliphatic rings. The van der Waals surface area contributed by atoms with E-state index in [9.17, 15) is 14.4 Å². The fourth-order valence-electron chi connectivity index (χ4n) is 2.44. The zero-order chi connectivity index (χ0) is 16.1. The summed E-state index contributed by atoms with van der Waals surface area (Å²) in [7, 11) is 2.53. The highest BCUT2D eigenvalue weighted by molar-refractivity contribution is 8.00. The molecule has 1 amide bonds. The summed E-state index contributed by atoms with van der Waals surface area (Å²) in [5.41, 5.74) is 0. The molecule has 0 unspecified atom stereocenters. The minimum absolute atomic E-state index is 0.144. The summed E-state index contributed by atoms with van der Waals surface area (Å²) in [5.74, 6) is -1.01. The van der Waals surface area contributed by atoms with Crippen LogP contribution < -0.4 is 0 Å². The van der Waals surface area contributed by atoms with Crippen molar-refractivity contribution >= 4 is 29.6 Å². The van der Waals surface area contributed by atoms with Crippen LogP contribution in [0.25, 0.3) is 0 Å². The number of thioether (sulfide) groups is 1. The van der Waals surface area contributed by atoms with Gasteiger partial charge in [-0.3, -0.25) is 9.69 Å². The van der Waals surface area contributed by atoms with Gasteiger partial charge in [-0.25, -0.2) is 9.59 Å². The number of amides is 1. The number of ether oxygens (including phenoxy) is 3. The van der Waals surface area contributed by atoms with Crippen LogP contribution >= 0.6 is 11.8 Å². The lowest BCUT2D eigenvalue weighted by Crippen LogP contribution is -2.53. The Kier molecular flexibility index (Phi) is 6.04. The van der Waals surface area contributed by atoms with Gasteiger partial charge in [-0.05, 0) is 0 Å². The van der Waals surface area contributed by atoms with Crippen LogP contribution in [0.5, 0.6) is 0 Å². The number of carbonyl (C=O) groups excluding carboxylic acids is 3. The Morgan fingerprint density at radius 2 is 1.77 bits per heavy atom. The Morgan fingerprint density at radius 1 is 1.14 bits per heavy atom. The minimum atomic E-state index is -0.803. The Balaban J connectivity index is 2.10. The first-order chi connectivity index (χ1) is 10.6. The third-order valence-electron chi connectivity index (χ3n) is 3.63. The first-order valence-corrected chi connectivity index (χ1v) is 8.02. The van der Waals surface area contributed by atoms with Crippen LogP contribution in [0, 0.1) is 0 Å². The molecule has 2 saturated heterocycles. The van der Waals surface area contributed by atoms with Crippen molar-refractivity contribution in [3.05, 3.63) is 0 Å². The fourth-order valence-corrected chi connectivity index (χ4v) is 3.76. The number of rotatable bonds is 4. The van der Waals surface area contributed by atoms with Gasteiger partial charge in [0.1, 0.15) is 6.04 Å². The molecule has 0 saturated carbocycles. The van der Waals surface area contributed by atoms with Crippen molar-refractivity contribution in [2.24, 2.45) is 0 Å². The van der Waals surface area contributed by atoms with Crippen molar-refractivity contribution in [2.45, 2.75) is 11.4 Å². The number of hydrogen-bond acceptors (Lipinski definition) is 8. The third kappa shape index (κ3) is 3.71. The molecule has 9 heteroatoms. The molecule has 2 heterocycles. The Bertz CT molecular complexity index is 416. The van der Waals surface area contributed by atoms with Gasteiger partial charge in [0.2, 0.25) is 5.91 Å². The van der Waals surface area contributed by atoms with E-state index in [1.807, 2.05) is 4.90 Å². The summed E-state index contributed by atoms with van der Waals surface area (Å²) < 4.78 is 14.7. The molecule has 0 aromatic rings. The van der Waals surface area contributed by atoms with E-state index in [1.54, 1.807) is 0 Å². The van der Waals surface area contributed by atoms with Gasteiger partial charge in [0.15, 0.2) is 5.37 Å². The number of esters is 2. The molecular formula is C13H20N2O6S. The quantitative estimate of drug-likeness (QED) is 0.602. The SMILES string of the molecule is COC(=O)[C@H]1CS[C@H](C(=O)OC)N1C(=O)CN1CCOCC1. The Morgan fingerprint density at radius 3 is 2.36 bits per heavy atom. The van der Waals surface area contributed by atoms with E-state index < -0.39 is 23.4 Å². The van der Waals surface area contributed by atoms with Crippen LogP contribution in [0.2, 0.25) is 0 Å². The summed E-state index contributed by atoms with van der Waals surface area (Å²) in [6.45, 7) is 2.59. The van der Waals surface area contributed by atoms with Crippen LogP contribution in [0.3, 0.4) is 0 Å². The summed E-state index contributed by atoms with van der Waals surface area (Å²) in [5, 5.41) is -0.803. The fraction of sp³-hybridized carbons (Fsp3) is 0.769. The second-order valence-corrected chi connectivity index (χ2v) is 6.05. The first-order valence-electron chi connectivity index (χ1n) is 6.97. The third-order valence-corrected chi connectivity index (χ3v) is 4.87. The summed E-state index contributed by atoms with van der Waals surface area (Å²) in [6, 6.07) is -0.757. The van der Waals surface area contributed by atoms with Crippen LogP contribution in [0.4, 0.5) is 0 Å². The van der Waals surface area contributed by atoms with Gasteiger partial charge in [-0.15, -0.1) is 11.8 Å². The molecule has 0 bridgehead atoms. The van der Waals surface area contributed by atoms with E-state index in [0.717, 1.165) is 0 Å². The average Bonchev–Trinajstić information content (AvgIpc) is 2.99. The molecular weight excluding hydrogens is 312 g/mol. The second kappa shape index (κ2) is 7.80. The van der Waals surface area contributed by atoms with Crippen molar-refractivity contribution in [3.63, 3.8) is 0 Å². The summed E-state index contributed by atoms with van der Waals surface area (Å²) >= 11 is 1.21. The van der Waals surface area contributed by atoms with Gasteiger partial charge >= 0.3 is 11.9 Å². The maximum absolute atomic E-state index is 12.6. The van der Waals surface area contributed by atoms with E-state index >= 15 is 0 Å². The van der Waals surface area contributed by atoms with Crippen molar-refractivity contribution in [3.8, 4) is 0 Å². The van der Waals surface area contributed by atoms with Crippen LogP contribution in [-0.4, -0.2) is 91.9 Å². The number of nitrogens with zero attached hydrogens (tertiary/aromatic N) is 2. The summed E-state index contributed by atoms with van der Waals surface area (Å²) in [4.78, 5) is 39.5. The monoisotopic (exact) mass is 332 g/mol. The zero-order valence-corrected chi connectivity index (χ0v) is 13.5. The number of hydrogen-bond donors (Lipinski definition) is 0. The summed E-state index contributed by atoms with van der Waals surface area (Å²) in [6.07, 6.45) is 0. The van der Waals surface area contributed by atoms with Gasteiger partial charge in [0, 0.05) is 18.8 Å². The van der Waals surface area contributed by atoms with Crippen molar-refractivity contribution in [1.82, 2.24) is 9.80 Å². The van der Waals surface area contributed by atoms with Gasteiger partial charge in [-0.2, -0.15) is 0 Å². The zero-order valence-electron chi connectivity index (χ0n) is 12.6. The van der Waals surface area contributed by atoms with Crippen molar-refractivity contribution in [2.75, 3.05) is 52.8 Å². The molecule has 2 aliphatic heterocycles. The average molecular weight is 332 g/mol. The Labute approximate surface area is 133 Å². The molecule has 0 N–H and O–H groups in total. The lowest BCUT2D eigenvalue weighted by molar-refractivity contribution is -0.157. The molecule has 0 radical (unpaired) electrons. The molecule has 0 aromatic carbocycles. The van der Waals surface area contributed by atoms with Gasteiger partial charge in [0.05, 0.1) is 34.0 Å².